The van der Waals surface area contributed by atoms with Gasteiger partial charge in [-0.1, -0.05) is 12.1 Å². The van der Waals surface area contributed by atoms with Crippen LogP contribution in [0.4, 0.5) is 0 Å². The van der Waals surface area contributed by atoms with Crippen molar-refractivity contribution < 1.29 is 19.4 Å². The first-order valence-electron chi connectivity index (χ1n) is 5.15. The van der Waals surface area contributed by atoms with Crippen LogP contribution >= 0.6 is 0 Å². The van der Waals surface area contributed by atoms with Crippen LogP contribution < -0.4 is 10.1 Å². The van der Waals surface area contributed by atoms with Gasteiger partial charge in [-0.05, 0) is 17.7 Å². The van der Waals surface area contributed by atoms with Gasteiger partial charge in [0.05, 0.1) is 7.11 Å². The summed E-state index contributed by atoms with van der Waals surface area (Å²) in [6, 6.07) is 6.18. The summed E-state index contributed by atoms with van der Waals surface area (Å²) in [6.45, 7) is 1.29. The molecular weight excluding hydrogens is 222 g/mol. The summed E-state index contributed by atoms with van der Waals surface area (Å²) >= 11 is 0. The molecule has 1 atom stereocenters. The summed E-state index contributed by atoms with van der Waals surface area (Å²) in [5.41, 5.74) is 0.797. The molecule has 0 aliphatic heterocycles. The topological polar surface area (TPSA) is 75.6 Å². The highest BCUT2D eigenvalue weighted by atomic mass is 16.5. The first-order chi connectivity index (χ1) is 8.02. The van der Waals surface area contributed by atoms with Crippen LogP contribution in [0.15, 0.2) is 24.3 Å². The maximum absolute atomic E-state index is 10.9. The van der Waals surface area contributed by atoms with Gasteiger partial charge in [-0.25, -0.2) is 4.79 Å². The van der Waals surface area contributed by atoms with E-state index < -0.39 is 12.0 Å². The highest BCUT2D eigenvalue weighted by Crippen LogP contribution is 2.14. The van der Waals surface area contributed by atoms with Gasteiger partial charge < -0.3 is 15.2 Å². The average molecular weight is 237 g/mol. The predicted molar refractivity (Wildman–Crippen MR) is 61.9 cm³/mol. The largest absolute Gasteiger partial charge is 0.497 e. The Bertz CT molecular complexity index is 417. The Balaban J connectivity index is 2.78. The first kappa shape index (κ1) is 13.0. The minimum Gasteiger partial charge on any atom is -0.497 e. The van der Waals surface area contributed by atoms with Crippen LogP contribution in [0.25, 0.3) is 0 Å². The standard InChI is InChI=1S/C12H15NO4/c1-8(14)13-11(12(15)16)7-9-4-3-5-10(6-9)17-2/h3-6,11H,7H2,1-2H3,(H,13,14)(H,15,16). The highest BCUT2D eigenvalue weighted by molar-refractivity contribution is 5.82. The number of methoxy groups -OCH3 is 1. The molecule has 0 spiro atoms. The molecule has 0 aliphatic carbocycles. The molecule has 2 N–H and O–H groups in total. The first-order valence-corrected chi connectivity index (χ1v) is 5.15. The Kier molecular flexibility index (Phi) is 4.51. The SMILES string of the molecule is COc1cccc(CC(NC(C)=O)C(=O)O)c1. The smallest absolute Gasteiger partial charge is 0.326 e. The molecule has 0 saturated carbocycles. The van der Waals surface area contributed by atoms with Crippen molar-refractivity contribution >= 4 is 11.9 Å². The van der Waals surface area contributed by atoms with E-state index in [1.807, 2.05) is 0 Å². The molecule has 0 radical (unpaired) electrons. The van der Waals surface area contributed by atoms with Crippen LogP contribution in [0.2, 0.25) is 0 Å². The Labute approximate surface area is 99.4 Å². The Morgan fingerprint density at radius 3 is 2.71 bits per heavy atom. The normalized spacial score (nSPS) is 11.6. The van der Waals surface area contributed by atoms with Crippen molar-refractivity contribution in [2.24, 2.45) is 0 Å². The number of rotatable bonds is 5. The molecule has 0 saturated heterocycles. The van der Waals surface area contributed by atoms with Crippen LogP contribution in [-0.4, -0.2) is 30.1 Å². The fourth-order valence-corrected chi connectivity index (χ4v) is 1.48. The zero-order chi connectivity index (χ0) is 12.8. The second-order valence-corrected chi connectivity index (χ2v) is 3.65. The van der Waals surface area contributed by atoms with Crippen LogP contribution in [0, 0.1) is 0 Å². The third-order valence-electron chi connectivity index (χ3n) is 2.25. The van der Waals surface area contributed by atoms with E-state index in [1.54, 1.807) is 31.4 Å². The quantitative estimate of drug-likeness (QED) is 0.795. The molecule has 0 aromatic heterocycles. The van der Waals surface area contributed by atoms with Gasteiger partial charge in [-0.2, -0.15) is 0 Å². The summed E-state index contributed by atoms with van der Waals surface area (Å²) in [4.78, 5) is 21.8. The Morgan fingerprint density at radius 2 is 2.18 bits per heavy atom. The van der Waals surface area contributed by atoms with Gasteiger partial charge in [0.25, 0.3) is 0 Å². The number of hydrogen-bond acceptors (Lipinski definition) is 3. The molecule has 0 aliphatic rings. The molecule has 0 bridgehead atoms. The molecule has 1 amide bonds. The maximum atomic E-state index is 10.9. The number of carbonyl (C=O) groups excluding carboxylic acids is 1. The lowest BCUT2D eigenvalue weighted by molar-refractivity contribution is -0.141. The number of carbonyl (C=O) groups is 2. The van der Waals surface area contributed by atoms with E-state index in [9.17, 15) is 9.59 Å². The van der Waals surface area contributed by atoms with Crippen molar-refractivity contribution in [3.05, 3.63) is 29.8 Å². The molecule has 5 nitrogen and oxygen atoms in total. The second-order valence-electron chi connectivity index (χ2n) is 3.65. The maximum Gasteiger partial charge on any atom is 0.326 e. The van der Waals surface area contributed by atoms with Gasteiger partial charge in [-0.15, -0.1) is 0 Å². The fraction of sp³-hybridized carbons (Fsp3) is 0.333. The van der Waals surface area contributed by atoms with Crippen molar-refractivity contribution in [3.8, 4) is 5.75 Å². The van der Waals surface area contributed by atoms with Crippen molar-refractivity contribution in [2.75, 3.05) is 7.11 Å². The van der Waals surface area contributed by atoms with E-state index in [1.165, 1.54) is 6.92 Å². The molecule has 5 heteroatoms. The zero-order valence-electron chi connectivity index (χ0n) is 9.77. The van der Waals surface area contributed by atoms with Crippen LogP contribution in [0.5, 0.6) is 5.75 Å². The molecule has 92 valence electrons. The molecule has 1 rings (SSSR count). The lowest BCUT2D eigenvalue weighted by atomic mass is 10.1. The number of nitrogens with one attached hydrogen (secondary N) is 1. The number of carboxylic acids is 1. The average Bonchev–Trinajstić information content (AvgIpc) is 2.27. The molecular formula is C12H15NO4. The number of amides is 1. The summed E-state index contributed by atoms with van der Waals surface area (Å²) in [5.74, 6) is -0.752. The van der Waals surface area contributed by atoms with E-state index >= 15 is 0 Å². The van der Waals surface area contributed by atoms with E-state index in [2.05, 4.69) is 5.32 Å². The van der Waals surface area contributed by atoms with Crippen LogP contribution in [0.1, 0.15) is 12.5 Å². The van der Waals surface area contributed by atoms with Gasteiger partial charge in [-0.3, -0.25) is 4.79 Å². The lowest BCUT2D eigenvalue weighted by Crippen LogP contribution is -2.41. The van der Waals surface area contributed by atoms with E-state index in [0.29, 0.717) is 5.75 Å². The van der Waals surface area contributed by atoms with Crippen molar-refractivity contribution in [2.45, 2.75) is 19.4 Å². The fourth-order valence-electron chi connectivity index (χ4n) is 1.48. The Hall–Kier alpha value is -2.04. The van der Waals surface area contributed by atoms with Crippen LogP contribution in [0.3, 0.4) is 0 Å². The van der Waals surface area contributed by atoms with Gasteiger partial charge in [0.15, 0.2) is 0 Å². The molecule has 0 heterocycles. The number of hydrogen-bond donors (Lipinski definition) is 2. The number of carboxylic acid groups (broad SMARTS) is 1. The summed E-state index contributed by atoms with van der Waals surface area (Å²) < 4.78 is 5.04. The monoisotopic (exact) mass is 237 g/mol. The molecule has 0 fully saturated rings. The van der Waals surface area contributed by atoms with Crippen molar-refractivity contribution in [1.29, 1.82) is 0 Å². The minimum atomic E-state index is -1.05. The molecule has 1 aromatic rings. The van der Waals surface area contributed by atoms with Gasteiger partial charge in [0, 0.05) is 13.3 Å². The minimum absolute atomic E-state index is 0.228. The number of aliphatic carboxylic acids is 1. The highest BCUT2D eigenvalue weighted by Gasteiger charge is 2.18. The zero-order valence-corrected chi connectivity index (χ0v) is 9.77. The Morgan fingerprint density at radius 1 is 1.47 bits per heavy atom. The second kappa shape index (κ2) is 5.89. The third kappa shape index (κ3) is 4.14. The molecule has 1 unspecified atom stereocenters. The predicted octanol–water partition coefficient (Wildman–Crippen LogP) is 0.827. The molecule has 17 heavy (non-hydrogen) atoms. The lowest BCUT2D eigenvalue weighted by Gasteiger charge is -2.13. The van der Waals surface area contributed by atoms with Crippen LogP contribution in [-0.2, 0) is 16.0 Å². The van der Waals surface area contributed by atoms with E-state index in [-0.39, 0.29) is 12.3 Å². The van der Waals surface area contributed by atoms with Crippen molar-refractivity contribution in [3.63, 3.8) is 0 Å². The number of benzene rings is 1. The summed E-state index contributed by atoms with van der Waals surface area (Å²) in [7, 11) is 1.54. The van der Waals surface area contributed by atoms with E-state index in [0.717, 1.165) is 5.56 Å². The third-order valence-corrected chi connectivity index (χ3v) is 2.25. The van der Waals surface area contributed by atoms with Gasteiger partial charge >= 0.3 is 5.97 Å². The number of ether oxygens (including phenoxy) is 1. The van der Waals surface area contributed by atoms with E-state index in [4.69, 9.17) is 9.84 Å². The van der Waals surface area contributed by atoms with Gasteiger partial charge in [0.1, 0.15) is 11.8 Å². The summed E-state index contributed by atoms with van der Waals surface area (Å²) in [6.07, 6.45) is 0.228. The van der Waals surface area contributed by atoms with Crippen molar-refractivity contribution in [1.82, 2.24) is 5.32 Å². The van der Waals surface area contributed by atoms with Gasteiger partial charge in [0.2, 0.25) is 5.91 Å². The molecule has 1 aromatic carbocycles. The summed E-state index contributed by atoms with van der Waals surface area (Å²) in [5, 5.41) is 11.3.